The highest BCUT2D eigenvalue weighted by atomic mass is 32.2. The summed E-state index contributed by atoms with van der Waals surface area (Å²) in [6, 6.07) is 8.35. The van der Waals surface area contributed by atoms with Gasteiger partial charge in [-0.05, 0) is 18.9 Å². The van der Waals surface area contributed by atoms with Crippen LogP contribution >= 0.6 is 11.8 Å². The van der Waals surface area contributed by atoms with Gasteiger partial charge >= 0.3 is 0 Å². The molecule has 2 heterocycles. The van der Waals surface area contributed by atoms with E-state index >= 15 is 0 Å². The lowest BCUT2D eigenvalue weighted by Crippen LogP contribution is -2.08. The van der Waals surface area contributed by atoms with Gasteiger partial charge in [-0.15, -0.1) is 10.2 Å². The molecule has 1 aliphatic rings. The Kier molecular flexibility index (Phi) is 2.44. The fourth-order valence-corrected chi connectivity index (χ4v) is 2.89. The van der Waals surface area contributed by atoms with Gasteiger partial charge in [0.05, 0.1) is 0 Å². The molecule has 1 aromatic carbocycles. The molecule has 1 aromatic heterocycles. The van der Waals surface area contributed by atoms with Crippen molar-refractivity contribution in [2.75, 3.05) is 5.75 Å². The minimum absolute atomic E-state index is 1.01. The molecular weight excluding hydrogens is 218 g/mol. The van der Waals surface area contributed by atoms with Crippen LogP contribution < -0.4 is 0 Å². The lowest BCUT2D eigenvalue weighted by molar-refractivity contribution is 0.612. The van der Waals surface area contributed by atoms with Gasteiger partial charge in [0, 0.05) is 17.9 Å². The number of aromatic nitrogens is 3. The number of hydrogen-bond donors (Lipinski definition) is 0. The van der Waals surface area contributed by atoms with Crippen molar-refractivity contribution >= 4 is 11.8 Å². The smallest absolute Gasteiger partial charge is 0.191 e. The molecule has 16 heavy (non-hydrogen) atoms. The number of nitrogens with zero attached hydrogens (tertiary/aromatic N) is 3. The highest BCUT2D eigenvalue weighted by molar-refractivity contribution is 7.99. The fourth-order valence-electron chi connectivity index (χ4n) is 2.01. The number of benzene rings is 1. The second-order valence-corrected chi connectivity index (χ2v) is 5.04. The molecule has 0 atom stereocenters. The number of rotatable bonds is 1. The van der Waals surface area contributed by atoms with E-state index < -0.39 is 0 Å². The van der Waals surface area contributed by atoms with Gasteiger partial charge in [-0.2, -0.15) is 0 Å². The van der Waals surface area contributed by atoms with Crippen LogP contribution in [0.5, 0.6) is 0 Å². The van der Waals surface area contributed by atoms with Crippen molar-refractivity contribution < 1.29 is 0 Å². The number of thioether (sulfide) groups is 1. The largest absolute Gasteiger partial charge is 0.302 e. The third-order valence-electron chi connectivity index (χ3n) is 2.86. The van der Waals surface area contributed by atoms with Crippen LogP contribution in [0.15, 0.2) is 29.4 Å². The Morgan fingerprint density at radius 3 is 3.00 bits per heavy atom. The van der Waals surface area contributed by atoms with Gasteiger partial charge < -0.3 is 4.57 Å². The van der Waals surface area contributed by atoms with E-state index in [1.54, 1.807) is 11.8 Å². The molecule has 0 unspecified atom stereocenters. The van der Waals surface area contributed by atoms with Gasteiger partial charge in [0.25, 0.3) is 0 Å². The van der Waals surface area contributed by atoms with Crippen molar-refractivity contribution in [1.29, 1.82) is 0 Å². The van der Waals surface area contributed by atoms with E-state index in [0.29, 0.717) is 0 Å². The van der Waals surface area contributed by atoms with Gasteiger partial charge in [0.2, 0.25) is 0 Å². The molecule has 0 spiro atoms. The van der Waals surface area contributed by atoms with Gasteiger partial charge in [0.15, 0.2) is 11.0 Å². The van der Waals surface area contributed by atoms with Crippen molar-refractivity contribution in [2.24, 2.45) is 0 Å². The van der Waals surface area contributed by atoms with Crippen molar-refractivity contribution in [1.82, 2.24) is 14.8 Å². The molecule has 3 rings (SSSR count). The SMILES string of the molecule is Cc1ccccc1-c1nnc2n1CCCS2. The monoisotopic (exact) mass is 231 g/mol. The van der Waals surface area contributed by atoms with E-state index in [4.69, 9.17) is 0 Å². The van der Waals surface area contributed by atoms with Crippen LogP contribution in [-0.4, -0.2) is 20.5 Å². The van der Waals surface area contributed by atoms with Crippen LogP contribution in [0, 0.1) is 6.92 Å². The highest BCUT2D eigenvalue weighted by Gasteiger charge is 2.18. The summed E-state index contributed by atoms with van der Waals surface area (Å²) in [5.41, 5.74) is 2.46. The number of aryl methyl sites for hydroxylation is 1. The minimum Gasteiger partial charge on any atom is -0.302 e. The Morgan fingerprint density at radius 2 is 2.12 bits per heavy atom. The second-order valence-electron chi connectivity index (χ2n) is 3.97. The van der Waals surface area contributed by atoms with E-state index in [1.807, 2.05) is 0 Å². The van der Waals surface area contributed by atoms with Crippen molar-refractivity contribution in [3.63, 3.8) is 0 Å². The Balaban J connectivity index is 2.13. The Labute approximate surface area is 98.9 Å². The van der Waals surface area contributed by atoms with Crippen LogP contribution in [0.2, 0.25) is 0 Å². The Hall–Kier alpha value is -1.29. The van der Waals surface area contributed by atoms with Gasteiger partial charge in [-0.25, -0.2) is 0 Å². The van der Waals surface area contributed by atoms with E-state index in [-0.39, 0.29) is 0 Å². The minimum atomic E-state index is 1.01. The van der Waals surface area contributed by atoms with Crippen LogP contribution in [0.25, 0.3) is 11.4 Å². The summed E-state index contributed by atoms with van der Waals surface area (Å²) < 4.78 is 2.23. The lowest BCUT2D eigenvalue weighted by Gasteiger charge is -2.14. The fraction of sp³-hybridized carbons (Fsp3) is 0.333. The molecule has 0 N–H and O–H groups in total. The maximum absolute atomic E-state index is 4.32. The van der Waals surface area contributed by atoms with E-state index in [0.717, 1.165) is 23.3 Å². The number of hydrogen-bond acceptors (Lipinski definition) is 3. The van der Waals surface area contributed by atoms with Crippen molar-refractivity contribution in [3.8, 4) is 11.4 Å². The third-order valence-corrected chi connectivity index (χ3v) is 3.91. The molecule has 0 saturated carbocycles. The standard InChI is InChI=1S/C12H13N3S/c1-9-5-2-3-6-10(9)11-13-14-12-15(11)7-4-8-16-12/h2-3,5-6H,4,7-8H2,1H3. The maximum Gasteiger partial charge on any atom is 0.191 e. The Morgan fingerprint density at radius 1 is 1.25 bits per heavy atom. The first-order chi connectivity index (χ1) is 7.86. The molecule has 0 bridgehead atoms. The molecule has 0 fully saturated rings. The average Bonchev–Trinajstić information content (AvgIpc) is 2.74. The summed E-state index contributed by atoms with van der Waals surface area (Å²) in [7, 11) is 0. The van der Waals surface area contributed by atoms with E-state index in [2.05, 4.69) is 46.0 Å². The van der Waals surface area contributed by atoms with E-state index in [1.165, 1.54) is 17.5 Å². The molecule has 0 saturated heterocycles. The maximum atomic E-state index is 4.32. The van der Waals surface area contributed by atoms with Crippen LogP contribution in [-0.2, 0) is 6.54 Å². The zero-order valence-corrected chi connectivity index (χ0v) is 10.00. The molecule has 2 aromatic rings. The number of fused-ring (bicyclic) bond motifs is 1. The third kappa shape index (κ3) is 1.53. The van der Waals surface area contributed by atoms with Crippen LogP contribution in [0.4, 0.5) is 0 Å². The van der Waals surface area contributed by atoms with Crippen molar-refractivity contribution in [2.45, 2.75) is 25.0 Å². The summed E-state index contributed by atoms with van der Waals surface area (Å²) >= 11 is 1.80. The summed E-state index contributed by atoms with van der Waals surface area (Å²) in [4.78, 5) is 0. The zero-order valence-electron chi connectivity index (χ0n) is 9.18. The Bertz CT molecular complexity index is 519. The first-order valence-corrected chi connectivity index (χ1v) is 6.47. The summed E-state index contributed by atoms with van der Waals surface area (Å²) in [5.74, 6) is 2.17. The van der Waals surface area contributed by atoms with E-state index in [9.17, 15) is 0 Å². The second kappa shape index (κ2) is 3.94. The normalized spacial score (nSPS) is 14.8. The zero-order chi connectivity index (χ0) is 11.0. The first-order valence-electron chi connectivity index (χ1n) is 5.48. The van der Waals surface area contributed by atoms with Crippen LogP contribution in [0.1, 0.15) is 12.0 Å². The predicted octanol–water partition coefficient (Wildman–Crippen LogP) is 2.75. The molecule has 82 valence electrons. The molecule has 0 radical (unpaired) electrons. The topological polar surface area (TPSA) is 30.7 Å². The molecule has 3 nitrogen and oxygen atoms in total. The van der Waals surface area contributed by atoms with Gasteiger partial charge in [-0.1, -0.05) is 36.0 Å². The molecule has 0 aliphatic carbocycles. The first kappa shape index (κ1) is 9.90. The lowest BCUT2D eigenvalue weighted by atomic mass is 10.1. The van der Waals surface area contributed by atoms with Crippen molar-refractivity contribution in [3.05, 3.63) is 29.8 Å². The van der Waals surface area contributed by atoms with Gasteiger partial charge in [0.1, 0.15) is 0 Å². The molecule has 0 amide bonds. The molecular formula is C12H13N3S. The summed E-state index contributed by atoms with van der Waals surface area (Å²) in [6.45, 7) is 3.16. The quantitative estimate of drug-likeness (QED) is 0.756. The summed E-state index contributed by atoms with van der Waals surface area (Å²) in [5, 5.41) is 9.63. The summed E-state index contributed by atoms with van der Waals surface area (Å²) in [6.07, 6.45) is 1.20. The molecule has 4 heteroatoms. The predicted molar refractivity (Wildman–Crippen MR) is 65.5 cm³/mol. The van der Waals surface area contributed by atoms with Crippen LogP contribution in [0.3, 0.4) is 0 Å². The van der Waals surface area contributed by atoms with Gasteiger partial charge in [-0.3, -0.25) is 0 Å². The highest BCUT2D eigenvalue weighted by Crippen LogP contribution is 2.29. The average molecular weight is 231 g/mol. The molecule has 1 aliphatic heterocycles.